The quantitative estimate of drug-likeness (QED) is 0.828. The number of carboxylic acid groups (broad SMARTS) is 1. The smallest absolute Gasteiger partial charge is 0.318 e. The first-order chi connectivity index (χ1) is 12.9. The van der Waals surface area contributed by atoms with Gasteiger partial charge in [0.05, 0.1) is 18.2 Å². The summed E-state index contributed by atoms with van der Waals surface area (Å²) in [5.41, 5.74) is 0.812. The van der Waals surface area contributed by atoms with Crippen molar-refractivity contribution in [2.45, 2.75) is 38.8 Å². The molecule has 2 saturated heterocycles. The molecule has 3 atom stereocenters. The summed E-state index contributed by atoms with van der Waals surface area (Å²) in [5, 5.41) is 12.1. The van der Waals surface area contributed by atoms with Gasteiger partial charge in [0.1, 0.15) is 6.04 Å². The number of urea groups is 1. The minimum absolute atomic E-state index is 0.111. The summed E-state index contributed by atoms with van der Waals surface area (Å²) in [6.07, 6.45) is 3.66. The van der Waals surface area contributed by atoms with E-state index >= 15 is 0 Å². The fourth-order valence-electron chi connectivity index (χ4n) is 3.86. The van der Waals surface area contributed by atoms with Crippen LogP contribution in [-0.4, -0.2) is 63.5 Å². The predicted molar refractivity (Wildman–Crippen MR) is 97.7 cm³/mol. The molecular formula is C19H26N4O4. The van der Waals surface area contributed by atoms with Crippen LogP contribution in [0.3, 0.4) is 0 Å². The number of aliphatic carboxylic acids is 1. The first-order valence-corrected chi connectivity index (χ1v) is 9.41. The number of carbonyl (C=O) groups is 3. The van der Waals surface area contributed by atoms with Crippen molar-refractivity contribution in [1.82, 2.24) is 20.1 Å². The van der Waals surface area contributed by atoms with E-state index < -0.39 is 17.9 Å². The van der Waals surface area contributed by atoms with Crippen LogP contribution in [-0.2, 0) is 16.1 Å². The van der Waals surface area contributed by atoms with Gasteiger partial charge in [-0.05, 0) is 37.3 Å². The minimum Gasteiger partial charge on any atom is -0.481 e. The molecule has 0 saturated carbocycles. The molecule has 2 fully saturated rings. The van der Waals surface area contributed by atoms with E-state index in [9.17, 15) is 19.5 Å². The van der Waals surface area contributed by atoms with Gasteiger partial charge in [-0.25, -0.2) is 4.79 Å². The van der Waals surface area contributed by atoms with E-state index in [-0.39, 0.29) is 24.4 Å². The van der Waals surface area contributed by atoms with E-state index in [2.05, 4.69) is 10.3 Å². The summed E-state index contributed by atoms with van der Waals surface area (Å²) >= 11 is 0. The summed E-state index contributed by atoms with van der Waals surface area (Å²) in [6, 6.07) is 4.65. The monoisotopic (exact) mass is 374 g/mol. The molecule has 3 amide bonds. The van der Waals surface area contributed by atoms with Crippen molar-refractivity contribution in [1.29, 1.82) is 0 Å². The van der Waals surface area contributed by atoms with E-state index in [4.69, 9.17) is 0 Å². The number of nitrogens with one attached hydrogen (secondary N) is 1. The summed E-state index contributed by atoms with van der Waals surface area (Å²) < 4.78 is 0. The average molecular weight is 374 g/mol. The fraction of sp³-hybridized carbons (Fsp3) is 0.579. The van der Waals surface area contributed by atoms with Crippen LogP contribution in [0.4, 0.5) is 4.79 Å². The van der Waals surface area contributed by atoms with Crippen molar-refractivity contribution in [3.8, 4) is 0 Å². The maximum Gasteiger partial charge on any atom is 0.318 e. The number of likely N-dealkylation sites (tertiary alicyclic amines) is 2. The Balaban J connectivity index is 1.60. The molecule has 3 rings (SSSR count). The van der Waals surface area contributed by atoms with Crippen molar-refractivity contribution < 1.29 is 19.5 Å². The lowest BCUT2D eigenvalue weighted by Gasteiger charge is -2.37. The number of aromatic nitrogens is 1. The Labute approximate surface area is 158 Å². The molecule has 1 aromatic rings. The number of hydrogen-bond donors (Lipinski definition) is 2. The van der Waals surface area contributed by atoms with E-state index in [1.165, 1.54) is 4.90 Å². The molecule has 8 heteroatoms. The van der Waals surface area contributed by atoms with Crippen LogP contribution in [0.1, 0.15) is 31.9 Å². The van der Waals surface area contributed by atoms with Crippen LogP contribution in [0, 0.1) is 11.8 Å². The van der Waals surface area contributed by atoms with E-state index in [0.29, 0.717) is 32.5 Å². The molecule has 0 bridgehead atoms. The lowest BCUT2D eigenvalue weighted by Crippen LogP contribution is -2.57. The van der Waals surface area contributed by atoms with Gasteiger partial charge in [0.2, 0.25) is 5.91 Å². The minimum atomic E-state index is -0.880. The molecule has 3 heterocycles. The largest absolute Gasteiger partial charge is 0.481 e. The highest BCUT2D eigenvalue weighted by atomic mass is 16.4. The van der Waals surface area contributed by atoms with Crippen molar-refractivity contribution >= 4 is 17.9 Å². The number of piperidine rings is 2. The van der Waals surface area contributed by atoms with Crippen molar-refractivity contribution in [2.75, 3.05) is 19.6 Å². The fourth-order valence-corrected chi connectivity index (χ4v) is 3.86. The molecule has 8 nitrogen and oxygen atoms in total. The lowest BCUT2D eigenvalue weighted by atomic mass is 9.91. The number of carbonyl (C=O) groups excluding carboxylic acids is 2. The normalized spacial score (nSPS) is 26.0. The number of amides is 3. The van der Waals surface area contributed by atoms with Gasteiger partial charge in [-0.15, -0.1) is 0 Å². The van der Waals surface area contributed by atoms with Gasteiger partial charge in [-0.3, -0.25) is 14.6 Å². The summed E-state index contributed by atoms with van der Waals surface area (Å²) in [4.78, 5) is 44.2. The van der Waals surface area contributed by atoms with Crippen LogP contribution < -0.4 is 5.32 Å². The van der Waals surface area contributed by atoms with Gasteiger partial charge < -0.3 is 20.2 Å². The SMILES string of the molecule is CC1CC(C(=O)O)CN(C(=O)NC2CCCN(Cc3ccccn3)C2=O)C1. The second kappa shape index (κ2) is 8.37. The summed E-state index contributed by atoms with van der Waals surface area (Å²) in [7, 11) is 0. The Hall–Kier alpha value is -2.64. The molecule has 0 aliphatic carbocycles. The number of rotatable bonds is 4. The Bertz CT molecular complexity index is 696. The molecule has 2 aliphatic heterocycles. The lowest BCUT2D eigenvalue weighted by molar-refractivity contribution is -0.144. The topological polar surface area (TPSA) is 103 Å². The number of hydrogen-bond acceptors (Lipinski definition) is 4. The highest BCUT2D eigenvalue weighted by molar-refractivity contribution is 5.87. The number of pyridine rings is 1. The maximum atomic E-state index is 12.8. The van der Waals surface area contributed by atoms with Gasteiger partial charge in [-0.1, -0.05) is 13.0 Å². The van der Waals surface area contributed by atoms with Crippen LogP contribution in [0.25, 0.3) is 0 Å². The van der Waals surface area contributed by atoms with Gasteiger partial charge in [-0.2, -0.15) is 0 Å². The van der Waals surface area contributed by atoms with Crippen LogP contribution in [0.15, 0.2) is 24.4 Å². The average Bonchev–Trinajstić information content (AvgIpc) is 2.65. The summed E-state index contributed by atoms with van der Waals surface area (Å²) in [5.74, 6) is -1.43. The second-order valence-electron chi connectivity index (χ2n) is 7.51. The Morgan fingerprint density at radius 2 is 2.15 bits per heavy atom. The third-order valence-corrected chi connectivity index (χ3v) is 5.20. The van der Waals surface area contributed by atoms with Crippen LogP contribution >= 0.6 is 0 Å². The first kappa shape index (κ1) is 19.1. The van der Waals surface area contributed by atoms with E-state index in [1.807, 2.05) is 25.1 Å². The first-order valence-electron chi connectivity index (χ1n) is 9.41. The molecule has 2 aliphatic rings. The van der Waals surface area contributed by atoms with Gasteiger partial charge in [0.25, 0.3) is 0 Å². The van der Waals surface area contributed by atoms with Gasteiger partial charge in [0.15, 0.2) is 0 Å². The third-order valence-electron chi connectivity index (χ3n) is 5.20. The molecule has 0 aromatic carbocycles. The molecule has 2 N–H and O–H groups in total. The van der Waals surface area contributed by atoms with Gasteiger partial charge in [0, 0.05) is 25.8 Å². The molecule has 27 heavy (non-hydrogen) atoms. The van der Waals surface area contributed by atoms with E-state index in [0.717, 1.165) is 12.1 Å². The van der Waals surface area contributed by atoms with Crippen LogP contribution in [0.5, 0.6) is 0 Å². The predicted octanol–water partition coefficient (Wildman–Crippen LogP) is 1.32. The Morgan fingerprint density at radius 1 is 1.33 bits per heavy atom. The highest BCUT2D eigenvalue weighted by Crippen LogP contribution is 2.22. The zero-order valence-electron chi connectivity index (χ0n) is 15.5. The zero-order valence-corrected chi connectivity index (χ0v) is 15.5. The zero-order chi connectivity index (χ0) is 19.4. The molecular weight excluding hydrogens is 348 g/mol. The second-order valence-corrected chi connectivity index (χ2v) is 7.51. The summed E-state index contributed by atoms with van der Waals surface area (Å²) in [6.45, 7) is 3.70. The van der Waals surface area contributed by atoms with Crippen molar-refractivity contribution in [3.63, 3.8) is 0 Å². The molecule has 1 aromatic heterocycles. The van der Waals surface area contributed by atoms with E-state index in [1.54, 1.807) is 11.1 Å². The van der Waals surface area contributed by atoms with Crippen molar-refractivity contribution in [2.24, 2.45) is 11.8 Å². The molecule has 0 radical (unpaired) electrons. The molecule has 3 unspecified atom stereocenters. The molecule has 0 spiro atoms. The number of carboxylic acids is 1. The van der Waals surface area contributed by atoms with Crippen LogP contribution in [0.2, 0.25) is 0 Å². The third kappa shape index (κ3) is 4.75. The maximum absolute atomic E-state index is 12.8. The highest BCUT2D eigenvalue weighted by Gasteiger charge is 2.35. The Morgan fingerprint density at radius 3 is 2.85 bits per heavy atom. The Kier molecular flexibility index (Phi) is 5.93. The van der Waals surface area contributed by atoms with Crippen molar-refractivity contribution in [3.05, 3.63) is 30.1 Å². The van der Waals surface area contributed by atoms with Gasteiger partial charge >= 0.3 is 12.0 Å². The molecule has 146 valence electrons. The number of nitrogens with zero attached hydrogens (tertiary/aromatic N) is 3. The standard InChI is InChI=1S/C19H26N4O4/c1-13-9-14(18(25)26)11-23(10-13)19(27)21-16-6-4-8-22(17(16)24)12-15-5-2-3-7-20-15/h2-3,5,7,13-14,16H,4,6,8-12H2,1H3,(H,21,27)(H,25,26).